The van der Waals surface area contributed by atoms with Crippen molar-refractivity contribution in [2.24, 2.45) is 0 Å². The molecule has 1 aliphatic rings. The Morgan fingerprint density at radius 1 is 1.07 bits per heavy atom. The molecule has 2 aromatic carbocycles. The Bertz CT molecular complexity index is 804. The first-order valence-electron chi connectivity index (χ1n) is 8.48. The highest BCUT2D eigenvalue weighted by molar-refractivity contribution is 6.75. The lowest BCUT2D eigenvalue weighted by molar-refractivity contribution is -0.128. The van der Waals surface area contributed by atoms with E-state index in [1.54, 1.807) is 12.1 Å². The van der Waals surface area contributed by atoms with Crippen molar-refractivity contribution < 1.29 is 27.5 Å². The molecular formula is C20H22O6Si. The van der Waals surface area contributed by atoms with Gasteiger partial charge in [-0.05, 0) is 17.7 Å². The lowest BCUT2D eigenvalue weighted by Gasteiger charge is -2.25. The summed E-state index contributed by atoms with van der Waals surface area (Å²) in [6.07, 6.45) is 3.04. The third kappa shape index (κ3) is 4.52. The highest BCUT2D eigenvalue weighted by atomic mass is 28.4. The van der Waals surface area contributed by atoms with Crippen LogP contribution in [0.5, 0.6) is 5.75 Å². The van der Waals surface area contributed by atoms with Crippen LogP contribution in [0.25, 0.3) is 6.08 Å². The number of carbonyl (C=O) groups excluding carboxylic acids is 1. The SMILES string of the molecule is CO[Si](OC)(OC)c1ccc(C2CO2)c(OC(=O)/C=C/c2ccccc2)c1. The number of carbonyl (C=O) groups is 1. The molecule has 0 aromatic heterocycles. The van der Waals surface area contributed by atoms with Crippen LogP contribution >= 0.6 is 0 Å². The van der Waals surface area contributed by atoms with Gasteiger partial charge in [0.2, 0.25) is 0 Å². The van der Waals surface area contributed by atoms with Crippen LogP contribution in [0, 0.1) is 0 Å². The van der Waals surface area contributed by atoms with Crippen LogP contribution < -0.4 is 9.92 Å². The number of ether oxygens (including phenoxy) is 2. The van der Waals surface area contributed by atoms with Crippen molar-refractivity contribution in [2.45, 2.75) is 6.10 Å². The van der Waals surface area contributed by atoms with E-state index in [-0.39, 0.29) is 6.10 Å². The Morgan fingerprint density at radius 2 is 1.74 bits per heavy atom. The Hall–Kier alpha value is -2.29. The fraction of sp³-hybridized carbons (Fsp3) is 0.250. The molecule has 0 bridgehead atoms. The second-order valence-corrected chi connectivity index (χ2v) is 8.82. The second-order valence-electron chi connectivity index (χ2n) is 5.91. The van der Waals surface area contributed by atoms with E-state index >= 15 is 0 Å². The van der Waals surface area contributed by atoms with Crippen molar-refractivity contribution in [3.8, 4) is 5.75 Å². The molecule has 3 rings (SSSR count). The van der Waals surface area contributed by atoms with Crippen LogP contribution in [-0.4, -0.2) is 42.7 Å². The molecule has 0 N–H and O–H groups in total. The van der Waals surface area contributed by atoms with Crippen LogP contribution in [0.15, 0.2) is 54.6 Å². The molecule has 1 aliphatic heterocycles. The van der Waals surface area contributed by atoms with E-state index in [9.17, 15) is 4.79 Å². The van der Waals surface area contributed by atoms with E-state index in [1.165, 1.54) is 27.4 Å². The molecule has 0 aliphatic carbocycles. The average molecular weight is 386 g/mol. The zero-order chi connectivity index (χ0) is 19.3. The van der Waals surface area contributed by atoms with Crippen molar-refractivity contribution in [1.29, 1.82) is 0 Å². The maximum atomic E-state index is 12.3. The van der Waals surface area contributed by atoms with Gasteiger partial charge in [0.1, 0.15) is 11.9 Å². The van der Waals surface area contributed by atoms with Crippen LogP contribution in [0.4, 0.5) is 0 Å². The van der Waals surface area contributed by atoms with Crippen molar-refractivity contribution in [3.05, 3.63) is 65.7 Å². The molecule has 27 heavy (non-hydrogen) atoms. The van der Waals surface area contributed by atoms with Crippen molar-refractivity contribution in [3.63, 3.8) is 0 Å². The Kier molecular flexibility index (Phi) is 6.20. The summed E-state index contributed by atoms with van der Waals surface area (Å²) in [5.74, 6) is -0.0573. The minimum atomic E-state index is -3.03. The van der Waals surface area contributed by atoms with E-state index in [0.29, 0.717) is 17.5 Å². The Labute approximate surface area is 159 Å². The third-order valence-corrected chi connectivity index (χ3v) is 6.91. The summed E-state index contributed by atoms with van der Waals surface area (Å²) < 4.78 is 27.5. The predicted octanol–water partition coefficient (Wildman–Crippen LogP) is 2.46. The smallest absolute Gasteiger partial charge is 0.423 e. The summed E-state index contributed by atoms with van der Waals surface area (Å²) >= 11 is 0. The van der Waals surface area contributed by atoms with Gasteiger partial charge in [0.05, 0.1) is 6.61 Å². The Balaban J connectivity index is 1.85. The molecule has 142 valence electrons. The Morgan fingerprint density at radius 3 is 2.33 bits per heavy atom. The summed E-state index contributed by atoms with van der Waals surface area (Å²) in [5.41, 5.74) is 1.73. The topological polar surface area (TPSA) is 66.5 Å². The van der Waals surface area contributed by atoms with Gasteiger partial charge in [-0.25, -0.2) is 4.79 Å². The minimum Gasteiger partial charge on any atom is -0.423 e. The van der Waals surface area contributed by atoms with Gasteiger partial charge >= 0.3 is 14.8 Å². The quantitative estimate of drug-likeness (QED) is 0.228. The van der Waals surface area contributed by atoms with Crippen molar-refractivity contribution >= 4 is 26.0 Å². The summed E-state index contributed by atoms with van der Waals surface area (Å²) in [5, 5.41) is 0.703. The molecule has 0 amide bonds. The highest BCUT2D eigenvalue weighted by Crippen LogP contribution is 2.36. The first kappa shape index (κ1) is 19.5. The van der Waals surface area contributed by atoms with Gasteiger partial charge in [-0.1, -0.05) is 42.5 Å². The van der Waals surface area contributed by atoms with Crippen LogP contribution in [0.3, 0.4) is 0 Å². The zero-order valence-electron chi connectivity index (χ0n) is 15.5. The molecule has 1 fully saturated rings. The molecular weight excluding hydrogens is 364 g/mol. The van der Waals surface area contributed by atoms with E-state index in [2.05, 4.69) is 0 Å². The third-order valence-electron chi connectivity index (χ3n) is 4.28. The van der Waals surface area contributed by atoms with Gasteiger partial charge in [-0.2, -0.15) is 0 Å². The van der Waals surface area contributed by atoms with E-state index in [1.807, 2.05) is 42.5 Å². The van der Waals surface area contributed by atoms with Crippen LogP contribution in [0.1, 0.15) is 17.2 Å². The highest BCUT2D eigenvalue weighted by Gasteiger charge is 2.42. The average Bonchev–Trinajstić information content (AvgIpc) is 3.54. The van der Waals surface area contributed by atoms with Crippen molar-refractivity contribution in [1.82, 2.24) is 0 Å². The standard InChI is InChI=1S/C20H22O6Si/c1-22-27(23-2,24-3)16-10-11-17(19-14-25-19)18(13-16)26-20(21)12-9-15-7-5-4-6-8-15/h4-13,19H,14H2,1-3H3/b12-9+. The maximum absolute atomic E-state index is 12.3. The molecule has 1 unspecified atom stereocenters. The van der Waals surface area contributed by atoms with Crippen molar-refractivity contribution in [2.75, 3.05) is 27.9 Å². The van der Waals surface area contributed by atoms with E-state index < -0.39 is 14.8 Å². The summed E-state index contributed by atoms with van der Waals surface area (Å²) in [6.45, 7) is 0.602. The van der Waals surface area contributed by atoms with Crippen LogP contribution in [0.2, 0.25) is 0 Å². The fourth-order valence-corrected chi connectivity index (χ4v) is 4.58. The molecule has 1 saturated heterocycles. The molecule has 0 spiro atoms. The summed E-state index contributed by atoms with van der Waals surface area (Å²) in [4.78, 5) is 12.3. The normalized spacial score (nSPS) is 16.5. The minimum absolute atomic E-state index is 0.0661. The lowest BCUT2D eigenvalue weighted by atomic mass is 10.1. The van der Waals surface area contributed by atoms with Gasteiger partial charge in [-0.15, -0.1) is 0 Å². The summed E-state index contributed by atoms with van der Waals surface area (Å²) in [6, 6.07) is 15.0. The maximum Gasteiger partial charge on any atom is 0.536 e. The molecule has 1 atom stereocenters. The van der Waals surface area contributed by atoms with E-state index in [0.717, 1.165) is 11.1 Å². The first-order valence-corrected chi connectivity index (χ1v) is 10.2. The number of benzene rings is 2. The second kappa shape index (κ2) is 8.60. The largest absolute Gasteiger partial charge is 0.536 e. The molecule has 7 heteroatoms. The van der Waals surface area contributed by atoms with Gasteiger partial charge in [0, 0.05) is 38.2 Å². The summed E-state index contributed by atoms with van der Waals surface area (Å²) in [7, 11) is 1.56. The lowest BCUT2D eigenvalue weighted by Crippen LogP contribution is -2.54. The van der Waals surface area contributed by atoms with Crippen LogP contribution in [-0.2, 0) is 22.8 Å². The molecule has 1 heterocycles. The molecule has 2 aromatic rings. The zero-order valence-corrected chi connectivity index (χ0v) is 16.5. The predicted molar refractivity (Wildman–Crippen MR) is 103 cm³/mol. The van der Waals surface area contributed by atoms with Gasteiger partial charge in [-0.3, -0.25) is 0 Å². The molecule has 0 radical (unpaired) electrons. The number of esters is 1. The number of hydrogen-bond acceptors (Lipinski definition) is 6. The number of epoxide rings is 1. The van der Waals surface area contributed by atoms with Gasteiger partial charge in [0.25, 0.3) is 0 Å². The van der Waals surface area contributed by atoms with Gasteiger partial charge < -0.3 is 22.8 Å². The molecule has 0 saturated carbocycles. The fourth-order valence-electron chi connectivity index (χ4n) is 2.78. The van der Waals surface area contributed by atoms with Gasteiger partial charge in [0.15, 0.2) is 0 Å². The van der Waals surface area contributed by atoms with E-state index in [4.69, 9.17) is 22.8 Å². The monoisotopic (exact) mass is 386 g/mol. The molecule has 6 nitrogen and oxygen atoms in total. The first-order chi connectivity index (χ1) is 13.1. The number of hydrogen-bond donors (Lipinski definition) is 0. The number of rotatable bonds is 8.